The smallest absolute Gasteiger partial charge is 0.308 e. The normalized spacial score (nSPS) is 23.3. The number of carbonyl (C=O) groups excluding carboxylic acids is 3. The van der Waals surface area contributed by atoms with Gasteiger partial charge in [-0.15, -0.1) is 0 Å². The van der Waals surface area contributed by atoms with Gasteiger partial charge in [-0.1, -0.05) is 12.1 Å². The molecule has 3 rings (SSSR count). The molecule has 1 aromatic rings. The molecule has 0 aromatic heterocycles. The van der Waals surface area contributed by atoms with E-state index in [-0.39, 0.29) is 30.3 Å². The predicted molar refractivity (Wildman–Crippen MR) is 79.5 cm³/mol. The lowest BCUT2D eigenvalue weighted by molar-refractivity contribution is -0.142. The molecule has 1 atom stereocenters. The first kappa shape index (κ1) is 17.1. The SMILES string of the molecule is CC(=O)OC1=C(N2CCCC2=O)OC(C)(c2cccc(F)c2F)C1=O. The lowest BCUT2D eigenvalue weighted by Gasteiger charge is -2.26. The molecule has 25 heavy (non-hydrogen) atoms. The molecule has 1 amide bonds. The average molecular weight is 351 g/mol. The van der Waals surface area contributed by atoms with Gasteiger partial charge in [0, 0.05) is 25.5 Å². The third kappa shape index (κ3) is 2.67. The van der Waals surface area contributed by atoms with Crippen molar-refractivity contribution in [1.82, 2.24) is 4.90 Å². The number of benzene rings is 1. The summed E-state index contributed by atoms with van der Waals surface area (Å²) in [6.07, 6.45) is 0.789. The Labute approximate surface area is 142 Å². The summed E-state index contributed by atoms with van der Waals surface area (Å²) in [7, 11) is 0. The van der Waals surface area contributed by atoms with Gasteiger partial charge >= 0.3 is 5.97 Å². The second kappa shape index (κ2) is 5.94. The molecule has 132 valence electrons. The Kier molecular flexibility index (Phi) is 4.06. The van der Waals surface area contributed by atoms with E-state index in [1.54, 1.807) is 0 Å². The summed E-state index contributed by atoms with van der Waals surface area (Å²) >= 11 is 0. The molecular weight excluding hydrogens is 336 g/mol. The Morgan fingerprint density at radius 1 is 1.32 bits per heavy atom. The highest BCUT2D eigenvalue weighted by Crippen LogP contribution is 2.42. The molecule has 0 aliphatic carbocycles. The number of ether oxygens (including phenoxy) is 2. The molecule has 1 aromatic carbocycles. The third-order valence-corrected chi connectivity index (χ3v) is 4.16. The van der Waals surface area contributed by atoms with Crippen molar-refractivity contribution in [1.29, 1.82) is 0 Å². The van der Waals surface area contributed by atoms with Gasteiger partial charge in [-0.25, -0.2) is 8.78 Å². The number of likely N-dealkylation sites (tertiary alicyclic amines) is 1. The first-order valence-electron chi connectivity index (χ1n) is 7.67. The molecule has 2 aliphatic rings. The van der Waals surface area contributed by atoms with Gasteiger partial charge in [-0.05, 0) is 19.4 Å². The summed E-state index contributed by atoms with van der Waals surface area (Å²) < 4.78 is 38.4. The van der Waals surface area contributed by atoms with Crippen LogP contribution in [0.2, 0.25) is 0 Å². The summed E-state index contributed by atoms with van der Waals surface area (Å²) in [4.78, 5) is 37.3. The van der Waals surface area contributed by atoms with Crippen LogP contribution in [0.3, 0.4) is 0 Å². The maximum Gasteiger partial charge on any atom is 0.308 e. The van der Waals surface area contributed by atoms with Crippen molar-refractivity contribution < 1.29 is 32.6 Å². The van der Waals surface area contributed by atoms with Crippen LogP contribution in [0.4, 0.5) is 8.78 Å². The first-order chi connectivity index (χ1) is 11.8. The molecule has 6 nitrogen and oxygen atoms in total. The van der Waals surface area contributed by atoms with Crippen LogP contribution in [0, 0.1) is 11.6 Å². The highest BCUT2D eigenvalue weighted by atomic mass is 19.2. The predicted octanol–water partition coefficient (Wildman–Crippen LogP) is 2.13. The number of halogens is 2. The van der Waals surface area contributed by atoms with Crippen molar-refractivity contribution in [2.75, 3.05) is 6.54 Å². The highest BCUT2D eigenvalue weighted by Gasteiger charge is 2.53. The number of rotatable bonds is 3. The summed E-state index contributed by atoms with van der Waals surface area (Å²) in [6, 6.07) is 3.35. The number of nitrogens with zero attached hydrogens (tertiary/aromatic N) is 1. The molecule has 2 aliphatic heterocycles. The van der Waals surface area contributed by atoms with E-state index in [2.05, 4.69) is 0 Å². The van der Waals surface area contributed by atoms with Crippen LogP contribution in [0.1, 0.15) is 32.3 Å². The van der Waals surface area contributed by atoms with Gasteiger partial charge in [0.15, 0.2) is 11.6 Å². The topological polar surface area (TPSA) is 72.9 Å². The molecule has 1 unspecified atom stereocenters. The number of Topliss-reactive ketones (excluding diaryl/α,β-unsaturated/α-hetero) is 1. The van der Waals surface area contributed by atoms with Crippen LogP contribution in [0.25, 0.3) is 0 Å². The van der Waals surface area contributed by atoms with Crippen molar-refractivity contribution in [2.24, 2.45) is 0 Å². The molecule has 1 fully saturated rings. The monoisotopic (exact) mass is 351 g/mol. The fourth-order valence-corrected chi connectivity index (χ4v) is 2.92. The zero-order valence-corrected chi connectivity index (χ0v) is 13.6. The summed E-state index contributed by atoms with van der Waals surface area (Å²) in [5.41, 5.74) is -2.29. The van der Waals surface area contributed by atoms with E-state index in [1.165, 1.54) is 24.0 Å². The van der Waals surface area contributed by atoms with Crippen molar-refractivity contribution in [3.63, 3.8) is 0 Å². The zero-order chi connectivity index (χ0) is 18.4. The van der Waals surface area contributed by atoms with Crippen molar-refractivity contribution in [3.8, 4) is 0 Å². The van der Waals surface area contributed by atoms with E-state index < -0.39 is 34.7 Å². The molecular formula is C17H15F2NO5. The molecule has 0 spiro atoms. The second-order valence-corrected chi connectivity index (χ2v) is 5.94. The van der Waals surface area contributed by atoms with E-state index in [0.717, 1.165) is 13.0 Å². The van der Waals surface area contributed by atoms with Gasteiger partial charge in [0.25, 0.3) is 5.78 Å². The maximum atomic E-state index is 14.2. The van der Waals surface area contributed by atoms with E-state index in [4.69, 9.17) is 9.47 Å². The van der Waals surface area contributed by atoms with Gasteiger partial charge in [0.1, 0.15) is 0 Å². The minimum atomic E-state index is -1.95. The number of carbonyl (C=O) groups is 3. The lowest BCUT2D eigenvalue weighted by atomic mass is 9.91. The molecule has 8 heteroatoms. The van der Waals surface area contributed by atoms with Gasteiger partial charge < -0.3 is 9.47 Å². The molecule has 0 bridgehead atoms. The average Bonchev–Trinajstić information content (AvgIpc) is 3.07. The van der Waals surface area contributed by atoms with Crippen molar-refractivity contribution in [3.05, 3.63) is 47.0 Å². The van der Waals surface area contributed by atoms with Crippen LogP contribution in [-0.4, -0.2) is 29.1 Å². The maximum absolute atomic E-state index is 14.2. The Hall–Kier alpha value is -2.77. The van der Waals surface area contributed by atoms with Crippen molar-refractivity contribution >= 4 is 17.7 Å². The van der Waals surface area contributed by atoms with Gasteiger partial charge in [0.05, 0.1) is 0 Å². The molecule has 0 saturated carbocycles. The van der Waals surface area contributed by atoms with Gasteiger partial charge in [0.2, 0.25) is 23.2 Å². The van der Waals surface area contributed by atoms with Crippen LogP contribution in [0.5, 0.6) is 0 Å². The number of esters is 1. The second-order valence-electron chi connectivity index (χ2n) is 5.94. The lowest BCUT2D eigenvalue weighted by Crippen LogP contribution is -2.34. The fraction of sp³-hybridized carbons (Fsp3) is 0.353. The number of ketones is 1. The molecule has 2 heterocycles. The van der Waals surface area contributed by atoms with E-state index >= 15 is 0 Å². The minimum Gasteiger partial charge on any atom is -0.456 e. The minimum absolute atomic E-state index is 0.242. The Balaban J connectivity index is 2.09. The van der Waals surface area contributed by atoms with Gasteiger partial charge in [-0.2, -0.15) is 0 Å². The van der Waals surface area contributed by atoms with Gasteiger partial charge in [-0.3, -0.25) is 19.3 Å². The standard InChI is InChI=1S/C17H15F2NO5/c1-9(21)24-14-15(23)17(2,10-5-3-6-11(18)13(10)19)25-16(14)20-8-4-7-12(20)22/h3,5-6H,4,7-8H2,1-2H3. The largest absolute Gasteiger partial charge is 0.456 e. The summed E-state index contributed by atoms with van der Waals surface area (Å²) in [6.45, 7) is 2.60. The van der Waals surface area contributed by atoms with E-state index in [1.807, 2.05) is 0 Å². The van der Waals surface area contributed by atoms with E-state index in [0.29, 0.717) is 6.42 Å². The van der Waals surface area contributed by atoms with Crippen molar-refractivity contribution in [2.45, 2.75) is 32.3 Å². The van der Waals surface area contributed by atoms with Crippen LogP contribution < -0.4 is 0 Å². The Morgan fingerprint density at radius 3 is 2.64 bits per heavy atom. The molecule has 1 saturated heterocycles. The zero-order valence-electron chi connectivity index (χ0n) is 13.6. The highest BCUT2D eigenvalue weighted by molar-refractivity contribution is 6.05. The fourth-order valence-electron chi connectivity index (χ4n) is 2.92. The summed E-state index contributed by atoms with van der Waals surface area (Å²) in [5, 5.41) is 0. The Morgan fingerprint density at radius 2 is 2.04 bits per heavy atom. The third-order valence-electron chi connectivity index (χ3n) is 4.16. The first-order valence-corrected chi connectivity index (χ1v) is 7.67. The number of hydrogen-bond donors (Lipinski definition) is 0. The number of amides is 1. The Bertz CT molecular complexity index is 819. The van der Waals surface area contributed by atoms with Crippen LogP contribution >= 0.6 is 0 Å². The van der Waals surface area contributed by atoms with E-state index in [9.17, 15) is 23.2 Å². The molecule has 0 radical (unpaired) electrons. The number of hydrogen-bond acceptors (Lipinski definition) is 5. The van der Waals surface area contributed by atoms with Crippen LogP contribution in [-0.2, 0) is 29.5 Å². The van der Waals surface area contributed by atoms with Crippen LogP contribution in [0.15, 0.2) is 29.8 Å². The quantitative estimate of drug-likeness (QED) is 0.780. The molecule has 0 N–H and O–H groups in total. The summed E-state index contributed by atoms with van der Waals surface area (Å²) in [5.74, 6) is -5.06.